The molecule has 0 aliphatic carbocycles. The Morgan fingerprint density at radius 1 is 1.39 bits per heavy atom. The van der Waals surface area contributed by atoms with Crippen molar-refractivity contribution in [1.29, 1.82) is 0 Å². The van der Waals surface area contributed by atoms with E-state index >= 15 is 0 Å². The normalized spacial score (nSPS) is 20.7. The zero-order valence-electron chi connectivity index (χ0n) is 13.3. The second-order valence-electron chi connectivity index (χ2n) is 5.34. The Labute approximate surface area is 137 Å². The molecule has 9 nitrogen and oxygen atoms in total. The van der Waals surface area contributed by atoms with Gasteiger partial charge in [-0.15, -0.1) is 0 Å². The molecule has 1 aromatic heterocycles. The van der Waals surface area contributed by atoms with E-state index in [2.05, 4.69) is 15.0 Å². The minimum absolute atomic E-state index is 0.0728. The SMILES string of the molecule is CCS(=O)(=O)NCCS(=O)(=O)N1CCNCC1c1nccn1C. The van der Waals surface area contributed by atoms with Gasteiger partial charge in [0.25, 0.3) is 0 Å². The van der Waals surface area contributed by atoms with Crippen LogP contribution in [0.5, 0.6) is 0 Å². The van der Waals surface area contributed by atoms with Gasteiger partial charge in [0, 0.05) is 45.6 Å². The van der Waals surface area contributed by atoms with Gasteiger partial charge in [-0.25, -0.2) is 26.5 Å². The van der Waals surface area contributed by atoms with E-state index in [0.717, 1.165) is 0 Å². The summed E-state index contributed by atoms with van der Waals surface area (Å²) in [5.74, 6) is 0.318. The van der Waals surface area contributed by atoms with Crippen molar-refractivity contribution in [3.63, 3.8) is 0 Å². The Kier molecular flexibility index (Phi) is 5.79. The maximum atomic E-state index is 12.6. The van der Waals surface area contributed by atoms with Crippen LogP contribution in [0.1, 0.15) is 18.8 Å². The van der Waals surface area contributed by atoms with Crippen molar-refractivity contribution in [2.45, 2.75) is 13.0 Å². The van der Waals surface area contributed by atoms with E-state index in [1.54, 1.807) is 17.0 Å². The molecule has 2 heterocycles. The molecule has 1 aliphatic heterocycles. The molecule has 1 unspecified atom stereocenters. The lowest BCUT2D eigenvalue weighted by molar-refractivity contribution is 0.258. The first-order valence-electron chi connectivity index (χ1n) is 7.41. The number of piperazine rings is 1. The molecule has 0 aromatic carbocycles. The van der Waals surface area contributed by atoms with Crippen LogP contribution in [0.4, 0.5) is 0 Å². The second kappa shape index (κ2) is 7.26. The van der Waals surface area contributed by atoms with Crippen molar-refractivity contribution in [1.82, 2.24) is 23.9 Å². The number of nitrogens with one attached hydrogen (secondary N) is 2. The van der Waals surface area contributed by atoms with E-state index in [1.807, 2.05) is 7.05 Å². The average Bonchev–Trinajstić information content (AvgIpc) is 2.93. The van der Waals surface area contributed by atoms with Crippen molar-refractivity contribution in [3.8, 4) is 0 Å². The van der Waals surface area contributed by atoms with Crippen LogP contribution in [-0.2, 0) is 27.1 Å². The van der Waals surface area contributed by atoms with Crippen molar-refractivity contribution >= 4 is 20.0 Å². The molecule has 1 aromatic rings. The van der Waals surface area contributed by atoms with Crippen LogP contribution in [0, 0.1) is 0 Å². The van der Waals surface area contributed by atoms with Crippen molar-refractivity contribution in [2.24, 2.45) is 7.05 Å². The van der Waals surface area contributed by atoms with Crippen molar-refractivity contribution in [3.05, 3.63) is 18.2 Å². The van der Waals surface area contributed by atoms with E-state index in [-0.39, 0.29) is 18.1 Å². The molecular formula is C12H23N5O4S2. The van der Waals surface area contributed by atoms with Gasteiger partial charge in [0.2, 0.25) is 20.0 Å². The molecule has 0 amide bonds. The fraction of sp³-hybridized carbons (Fsp3) is 0.750. The number of sulfonamides is 2. The van der Waals surface area contributed by atoms with Crippen molar-refractivity contribution in [2.75, 3.05) is 37.7 Å². The van der Waals surface area contributed by atoms with Crippen LogP contribution >= 0.6 is 0 Å². The molecule has 0 saturated carbocycles. The van der Waals surface area contributed by atoms with E-state index in [1.165, 1.54) is 11.2 Å². The second-order valence-corrected chi connectivity index (χ2v) is 9.48. The Hall–Kier alpha value is -1.01. The number of hydrogen-bond acceptors (Lipinski definition) is 6. The summed E-state index contributed by atoms with van der Waals surface area (Å²) in [5, 5.41) is 3.17. The highest BCUT2D eigenvalue weighted by atomic mass is 32.2. The lowest BCUT2D eigenvalue weighted by Crippen LogP contribution is -2.50. The number of hydrogen-bond donors (Lipinski definition) is 2. The van der Waals surface area contributed by atoms with Crippen LogP contribution in [0.3, 0.4) is 0 Å². The van der Waals surface area contributed by atoms with Crippen LogP contribution < -0.4 is 10.0 Å². The molecule has 1 atom stereocenters. The van der Waals surface area contributed by atoms with Gasteiger partial charge in [0.15, 0.2) is 0 Å². The number of imidazole rings is 1. The molecule has 0 bridgehead atoms. The first-order valence-corrected chi connectivity index (χ1v) is 10.7. The summed E-state index contributed by atoms with van der Waals surface area (Å²) in [6.07, 6.45) is 3.40. The maximum absolute atomic E-state index is 12.6. The molecule has 2 N–H and O–H groups in total. The molecule has 1 fully saturated rings. The molecular weight excluding hydrogens is 342 g/mol. The zero-order chi connectivity index (χ0) is 17.1. The lowest BCUT2D eigenvalue weighted by atomic mass is 10.2. The fourth-order valence-corrected chi connectivity index (χ4v) is 4.75. The minimum Gasteiger partial charge on any atom is -0.337 e. The molecule has 0 spiro atoms. The summed E-state index contributed by atoms with van der Waals surface area (Å²) in [4.78, 5) is 4.24. The van der Waals surface area contributed by atoms with Crippen LogP contribution in [0.25, 0.3) is 0 Å². The largest absolute Gasteiger partial charge is 0.337 e. The summed E-state index contributed by atoms with van der Waals surface area (Å²) in [7, 11) is -5.17. The zero-order valence-corrected chi connectivity index (χ0v) is 14.9. The first kappa shape index (κ1) is 18.3. The average molecular weight is 365 g/mol. The van der Waals surface area contributed by atoms with E-state index < -0.39 is 26.1 Å². The van der Waals surface area contributed by atoms with Crippen LogP contribution in [0.2, 0.25) is 0 Å². The monoisotopic (exact) mass is 365 g/mol. The van der Waals surface area contributed by atoms with Gasteiger partial charge in [-0.2, -0.15) is 4.31 Å². The summed E-state index contributed by atoms with van der Waals surface area (Å²) in [5.41, 5.74) is 0. The van der Waals surface area contributed by atoms with E-state index in [9.17, 15) is 16.8 Å². The summed E-state index contributed by atoms with van der Waals surface area (Å²) < 4.78 is 53.5. The summed E-state index contributed by atoms with van der Waals surface area (Å²) in [6.45, 7) is 2.74. The van der Waals surface area contributed by atoms with Gasteiger partial charge in [0.1, 0.15) is 5.82 Å². The molecule has 1 saturated heterocycles. The molecule has 23 heavy (non-hydrogen) atoms. The first-order chi connectivity index (χ1) is 10.8. The number of nitrogens with zero attached hydrogens (tertiary/aromatic N) is 3. The molecule has 1 aliphatic rings. The quantitative estimate of drug-likeness (QED) is 0.617. The third kappa shape index (κ3) is 4.51. The predicted octanol–water partition coefficient (Wildman–Crippen LogP) is -1.36. The van der Waals surface area contributed by atoms with E-state index in [4.69, 9.17) is 0 Å². The number of aromatic nitrogens is 2. The topological polar surface area (TPSA) is 113 Å². The third-order valence-corrected chi connectivity index (χ3v) is 7.05. The van der Waals surface area contributed by atoms with Gasteiger partial charge in [0.05, 0.1) is 17.5 Å². The van der Waals surface area contributed by atoms with Gasteiger partial charge in [-0.3, -0.25) is 0 Å². The fourth-order valence-electron chi connectivity index (χ4n) is 2.48. The van der Waals surface area contributed by atoms with Crippen molar-refractivity contribution < 1.29 is 16.8 Å². The van der Waals surface area contributed by atoms with Gasteiger partial charge < -0.3 is 9.88 Å². The maximum Gasteiger partial charge on any atom is 0.216 e. The van der Waals surface area contributed by atoms with Crippen LogP contribution in [-0.4, -0.2) is 68.4 Å². The Bertz CT molecular complexity index is 728. The summed E-state index contributed by atoms with van der Waals surface area (Å²) >= 11 is 0. The van der Waals surface area contributed by atoms with Gasteiger partial charge in [-0.05, 0) is 6.92 Å². The lowest BCUT2D eigenvalue weighted by Gasteiger charge is -2.34. The minimum atomic E-state index is -3.59. The number of rotatable bonds is 7. The Morgan fingerprint density at radius 2 is 2.13 bits per heavy atom. The standard InChI is InChI=1S/C12H23N5O4S2/c1-3-22(18,19)15-6-9-23(20,21)17-8-4-13-10-11(17)12-14-5-7-16(12)2/h5,7,11,13,15H,3-4,6,8-10H2,1-2H3. The van der Waals surface area contributed by atoms with Crippen LogP contribution in [0.15, 0.2) is 12.4 Å². The van der Waals surface area contributed by atoms with E-state index in [0.29, 0.717) is 25.5 Å². The smallest absolute Gasteiger partial charge is 0.216 e. The highest BCUT2D eigenvalue weighted by Crippen LogP contribution is 2.23. The Morgan fingerprint density at radius 3 is 2.74 bits per heavy atom. The molecule has 0 radical (unpaired) electrons. The van der Waals surface area contributed by atoms with Gasteiger partial charge in [-0.1, -0.05) is 0 Å². The molecule has 132 valence electrons. The summed E-state index contributed by atoms with van der Waals surface area (Å²) in [6, 6.07) is -0.392. The predicted molar refractivity (Wildman–Crippen MR) is 86.8 cm³/mol. The molecule has 2 rings (SSSR count). The third-order valence-electron chi connectivity index (χ3n) is 3.77. The van der Waals surface area contributed by atoms with Gasteiger partial charge >= 0.3 is 0 Å². The number of aryl methyl sites for hydroxylation is 1. The molecule has 11 heteroatoms. The Balaban J connectivity index is 2.11. The highest BCUT2D eigenvalue weighted by molar-refractivity contribution is 7.90. The highest BCUT2D eigenvalue weighted by Gasteiger charge is 2.35.